The molecule has 22 heavy (non-hydrogen) atoms. The van der Waals surface area contributed by atoms with Crippen LogP contribution in [0.15, 0.2) is 42.5 Å². The summed E-state index contributed by atoms with van der Waals surface area (Å²) in [6.07, 6.45) is 0. The second-order valence-electron chi connectivity index (χ2n) is 5.30. The van der Waals surface area contributed by atoms with Gasteiger partial charge in [0.05, 0.1) is 6.61 Å². The minimum atomic E-state index is -0.162. The molecular formula is C18H22N2O2. The first-order chi connectivity index (χ1) is 10.6. The first kappa shape index (κ1) is 16.0. The zero-order valence-electron chi connectivity index (χ0n) is 13.0. The summed E-state index contributed by atoms with van der Waals surface area (Å²) in [5.74, 6) is -0.162. The van der Waals surface area contributed by atoms with Crippen LogP contribution in [-0.2, 0) is 6.54 Å². The molecule has 2 aromatic rings. The molecule has 2 rings (SSSR count). The number of carbonyl (C=O) groups is 1. The maximum absolute atomic E-state index is 12.0. The highest BCUT2D eigenvalue weighted by Gasteiger charge is 2.10. The fourth-order valence-electron chi connectivity index (χ4n) is 2.24. The molecule has 0 aliphatic heterocycles. The molecule has 0 saturated heterocycles. The predicted octanol–water partition coefficient (Wildman–Crippen LogP) is 2.64. The monoisotopic (exact) mass is 298 g/mol. The minimum absolute atomic E-state index is 0.0594. The smallest absolute Gasteiger partial charge is 0.251 e. The van der Waals surface area contributed by atoms with Gasteiger partial charge in [-0.15, -0.1) is 0 Å². The molecule has 4 nitrogen and oxygen atoms in total. The van der Waals surface area contributed by atoms with E-state index in [9.17, 15) is 4.79 Å². The Labute approximate surface area is 131 Å². The van der Waals surface area contributed by atoms with Gasteiger partial charge in [0.25, 0.3) is 5.91 Å². The predicted molar refractivity (Wildman–Crippen MR) is 89.1 cm³/mol. The standard InChI is InChI=1S/C18H22N2O2/c1-13-6-8-15(9-7-13)12-20-17-5-3-4-16(14(17)2)18(22)19-10-11-21/h3-9,20-21H,10-12H2,1-2H3,(H,19,22). The molecule has 4 heteroatoms. The molecule has 2 aromatic carbocycles. The fraction of sp³-hybridized carbons (Fsp3) is 0.278. The Balaban J connectivity index is 2.08. The second kappa shape index (κ2) is 7.61. The van der Waals surface area contributed by atoms with E-state index in [-0.39, 0.29) is 19.1 Å². The lowest BCUT2D eigenvalue weighted by Gasteiger charge is -2.13. The Hall–Kier alpha value is -2.33. The van der Waals surface area contributed by atoms with E-state index in [0.29, 0.717) is 12.1 Å². The van der Waals surface area contributed by atoms with Gasteiger partial charge in [0.15, 0.2) is 0 Å². The maximum Gasteiger partial charge on any atom is 0.251 e. The number of aliphatic hydroxyl groups excluding tert-OH is 1. The third-order valence-electron chi connectivity index (χ3n) is 3.58. The van der Waals surface area contributed by atoms with Crippen LogP contribution in [0.2, 0.25) is 0 Å². The molecule has 3 N–H and O–H groups in total. The van der Waals surface area contributed by atoms with Crippen molar-refractivity contribution in [1.82, 2.24) is 5.32 Å². The molecule has 1 amide bonds. The summed E-state index contributed by atoms with van der Waals surface area (Å²) in [5, 5.41) is 14.8. The van der Waals surface area contributed by atoms with Gasteiger partial charge < -0.3 is 15.7 Å². The number of benzene rings is 2. The summed E-state index contributed by atoms with van der Waals surface area (Å²) in [7, 11) is 0. The van der Waals surface area contributed by atoms with Crippen molar-refractivity contribution in [2.24, 2.45) is 0 Å². The van der Waals surface area contributed by atoms with Crippen molar-refractivity contribution in [2.45, 2.75) is 20.4 Å². The number of nitrogens with one attached hydrogen (secondary N) is 2. The van der Waals surface area contributed by atoms with Crippen LogP contribution < -0.4 is 10.6 Å². The molecule has 0 unspecified atom stereocenters. The van der Waals surface area contributed by atoms with Gasteiger partial charge in [0.1, 0.15) is 0 Å². The number of aliphatic hydroxyl groups is 1. The van der Waals surface area contributed by atoms with Gasteiger partial charge in [-0.2, -0.15) is 0 Å². The summed E-state index contributed by atoms with van der Waals surface area (Å²) in [6.45, 7) is 4.90. The summed E-state index contributed by atoms with van der Waals surface area (Å²) < 4.78 is 0. The third kappa shape index (κ3) is 4.09. The van der Waals surface area contributed by atoms with Crippen molar-refractivity contribution in [3.05, 3.63) is 64.7 Å². The molecule has 0 spiro atoms. The highest BCUT2D eigenvalue weighted by molar-refractivity contribution is 5.97. The lowest BCUT2D eigenvalue weighted by Crippen LogP contribution is -2.27. The minimum Gasteiger partial charge on any atom is -0.395 e. The molecule has 0 radical (unpaired) electrons. The van der Waals surface area contributed by atoms with E-state index < -0.39 is 0 Å². The van der Waals surface area contributed by atoms with Crippen molar-refractivity contribution >= 4 is 11.6 Å². The quantitative estimate of drug-likeness (QED) is 0.768. The van der Waals surface area contributed by atoms with E-state index in [1.807, 2.05) is 19.1 Å². The zero-order valence-corrected chi connectivity index (χ0v) is 13.0. The molecule has 0 aromatic heterocycles. The van der Waals surface area contributed by atoms with E-state index >= 15 is 0 Å². The van der Waals surface area contributed by atoms with Crippen LogP contribution in [0, 0.1) is 13.8 Å². The van der Waals surface area contributed by atoms with Crippen molar-refractivity contribution in [3.8, 4) is 0 Å². The van der Waals surface area contributed by atoms with Gasteiger partial charge in [0, 0.05) is 24.3 Å². The van der Waals surface area contributed by atoms with E-state index in [1.165, 1.54) is 11.1 Å². The van der Waals surface area contributed by atoms with E-state index in [2.05, 4.69) is 41.8 Å². The Morgan fingerprint density at radius 1 is 1.09 bits per heavy atom. The molecule has 0 bridgehead atoms. The number of hydrogen-bond donors (Lipinski definition) is 3. The average molecular weight is 298 g/mol. The topological polar surface area (TPSA) is 61.4 Å². The van der Waals surface area contributed by atoms with Crippen molar-refractivity contribution < 1.29 is 9.90 Å². The highest BCUT2D eigenvalue weighted by atomic mass is 16.3. The van der Waals surface area contributed by atoms with Crippen LogP contribution in [0.5, 0.6) is 0 Å². The third-order valence-corrected chi connectivity index (χ3v) is 3.58. The molecule has 0 saturated carbocycles. The van der Waals surface area contributed by atoms with Gasteiger partial charge in [-0.3, -0.25) is 4.79 Å². The fourth-order valence-corrected chi connectivity index (χ4v) is 2.24. The van der Waals surface area contributed by atoms with Crippen LogP contribution in [0.3, 0.4) is 0 Å². The Bertz CT molecular complexity index is 636. The Morgan fingerprint density at radius 2 is 1.82 bits per heavy atom. The number of hydrogen-bond acceptors (Lipinski definition) is 3. The second-order valence-corrected chi connectivity index (χ2v) is 5.30. The normalized spacial score (nSPS) is 10.3. The van der Waals surface area contributed by atoms with Gasteiger partial charge >= 0.3 is 0 Å². The van der Waals surface area contributed by atoms with Gasteiger partial charge in [-0.1, -0.05) is 35.9 Å². The Morgan fingerprint density at radius 3 is 2.50 bits per heavy atom. The molecule has 0 aliphatic carbocycles. The molecule has 0 heterocycles. The molecule has 0 atom stereocenters. The highest BCUT2D eigenvalue weighted by Crippen LogP contribution is 2.20. The van der Waals surface area contributed by atoms with Crippen LogP contribution >= 0.6 is 0 Å². The summed E-state index contributed by atoms with van der Waals surface area (Å²) in [5.41, 5.74) is 4.91. The average Bonchev–Trinajstić information content (AvgIpc) is 2.53. The SMILES string of the molecule is Cc1ccc(CNc2cccc(C(=O)NCCO)c2C)cc1. The number of carbonyl (C=O) groups excluding carboxylic acids is 1. The van der Waals surface area contributed by atoms with Gasteiger partial charge in [-0.25, -0.2) is 0 Å². The maximum atomic E-state index is 12.0. The molecule has 0 fully saturated rings. The first-order valence-electron chi connectivity index (χ1n) is 7.40. The van der Waals surface area contributed by atoms with Crippen molar-refractivity contribution in [1.29, 1.82) is 0 Å². The molecule has 0 aliphatic rings. The van der Waals surface area contributed by atoms with Crippen LogP contribution in [0.4, 0.5) is 5.69 Å². The number of rotatable bonds is 6. The molecule has 116 valence electrons. The summed E-state index contributed by atoms with van der Waals surface area (Å²) in [4.78, 5) is 12.0. The summed E-state index contributed by atoms with van der Waals surface area (Å²) >= 11 is 0. The molecular weight excluding hydrogens is 276 g/mol. The largest absolute Gasteiger partial charge is 0.395 e. The summed E-state index contributed by atoms with van der Waals surface area (Å²) in [6, 6.07) is 14.0. The number of aryl methyl sites for hydroxylation is 1. The number of anilines is 1. The van der Waals surface area contributed by atoms with Crippen LogP contribution in [0.25, 0.3) is 0 Å². The van der Waals surface area contributed by atoms with Crippen molar-refractivity contribution in [2.75, 3.05) is 18.5 Å². The number of amides is 1. The van der Waals surface area contributed by atoms with E-state index in [1.54, 1.807) is 6.07 Å². The van der Waals surface area contributed by atoms with Crippen LogP contribution in [0.1, 0.15) is 27.0 Å². The first-order valence-corrected chi connectivity index (χ1v) is 7.40. The van der Waals surface area contributed by atoms with Crippen molar-refractivity contribution in [3.63, 3.8) is 0 Å². The van der Waals surface area contributed by atoms with Gasteiger partial charge in [0.2, 0.25) is 0 Å². The van der Waals surface area contributed by atoms with E-state index in [0.717, 1.165) is 11.3 Å². The Kier molecular flexibility index (Phi) is 5.55. The zero-order chi connectivity index (χ0) is 15.9. The lowest BCUT2D eigenvalue weighted by atomic mass is 10.1. The van der Waals surface area contributed by atoms with E-state index in [4.69, 9.17) is 5.11 Å². The lowest BCUT2D eigenvalue weighted by molar-refractivity contribution is 0.0944. The van der Waals surface area contributed by atoms with Gasteiger partial charge in [-0.05, 0) is 37.1 Å². The van der Waals surface area contributed by atoms with Crippen LogP contribution in [-0.4, -0.2) is 24.2 Å².